The fourth-order valence-electron chi connectivity index (χ4n) is 2.74. The van der Waals surface area contributed by atoms with Gasteiger partial charge in [-0.25, -0.2) is 5.43 Å². The first kappa shape index (κ1) is 23.0. The zero-order valence-corrected chi connectivity index (χ0v) is 19.5. The van der Waals surface area contributed by atoms with Crippen molar-refractivity contribution >= 4 is 45.2 Å². The van der Waals surface area contributed by atoms with Gasteiger partial charge in [-0.15, -0.1) is 0 Å². The normalized spacial score (nSPS) is 11.8. The highest BCUT2D eigenvalue weighted by molar-refractivity contribution is 9.10. The number of hydrogen-bond donors (Lipinski definition) is 2. The molecule has 164 valence electrons. The minimum Gasteiger partial charge on any atom is -0.448 e. The van der Waals surface area contributed by atoms with E-state index >= 15 is 0 Å². The van der Waals surface area contributed by atoms with Gasteiger partial charge < -0.3 is 14.6 Å². The van der Waals surface area contributed by atoms with E-state index in [1.165, 1.54) is 0 Å². The van der Waals surface area contributed by atoms with Gasteiger partial charge in [0, 0.05) is 25.3 Å². The Balaban J connectivity index is 1.84. The van der Waals surface area contributed by atoms with Crippen molar-refractivity contribution < 1.29 is 14.0 Å². The van der Waals surface area contributed by atoms with Gasteiger partial charge in [-0.1, -0.05) is 30.3 Å². The second kappa shape index (κ2) is 10.6. The molecule has 0 saturated heterocycles. The molecule has 0 saturated carbocycles. The molecule has 1 heterocycles. The highest BCUT2D eigenvalue weighted by atomic mass is 79.9. The number of nitrogens with one attached hydrogen (secondary N) is 2. The summed E-state index contributed by atoms with van der Waals surface area (Å²) in [4.78, 5) is 27.5. The smallest absolute Gasteiger partial charge is 0.287 e. The van der Waals surface area contributed by atoms with Gasteiger partial charge >= 0.3 is 0 Å². The van der Waals surface area contributed by atoms with Gasteiger partial charge in [0.25, 0.3) is 11.8 Å². The van der Waals surface area contributed by atoms with Crippen LogP contribution < -0.4 is 15.6 Å². The van der Waals surface area contributed by atoms with Gasteiger partial charge in [-0.2, -0.15) is 5.10 Å². The Bertz CT molecular complexity index is 1150. The molecule has 2 amide bonds. The molecule has 3 rings (SSSR count). The van der Waals surface area contributed by atoms with Crippen LogP contribution in [0.1, 0.15) is 28.6 Å². The third kappa shape index (κ3) is 6.18. The van der Waals surface area contributed by atoms with Crippen molar-refractivity contribution in [1.82, 2.24) is 10.7 Å². The lowest BCUT2D eigenvalue weighted by Crippen LogP contribution is -2.33. The molecule has 1 aromatic heterocycles. The van der Waals surface area contributed by atoms with E-state index in [2.05, 4.69) is 31.8 Å². The van der Waals surface area contributed by atoms with Crippen molar-refractivity contribution in [1.29, 1.82) is 0 Å². The van der Waals surface area contributed by atoms with Crippen LogP contribution in [0, 0.1) is 0 Å². The Morgan fingerprint density at radius 2 is 1.69 bits per heavy atom. The van der Waals surface area contributed by atoms with E-state index in [1.54, 1.807) is 49.4 Å². The number of amides is 2. The molecule has 7 nitrogen and oxygen atoms in total. The maximum atomic E-state index is 12.9. The molecule has 0 fully saturated rings. The van der Waals surface area contributed by atoms with E-state index in [-0.39, 0.29) is 5.70 Å². The van der Waals surface area contributed by atoms with Crippen LogP contribution in [0.4, 0.5) is 5.69 Å². The van der Waals surface area contributed by atoms with E-state index in [0.29, 0.717) is 21.7 Å². The molecule has 8 heteroatoms. The van der Waals surface area contributed by atoms with E-state index in [9.17, 15) is 9.59 Å². The molecular formula is C24H23BrN4O3. The summed E-state index contributed by atoms with van der Waals surface area (Å²) in [5.74, 6) is -0.446. The molecular weight excluding hydrogens is 472 g/mol. The summed E-state index contributed by atoms with van der Waals surface area (Å²) in [7, 11) is 3.89. The molecule has 0 aliphatic rings. The predicted octanol–water partition coefficient (Wildman–Crippen LogP) is 4.42. The fraction of sp³-hybridized carbons (Fsp3) is 0.125. The molecule has 0 unspecified atom stereocenters. The molecule has 0 aliphatic carbocycles. The number of carbonyl (C=O) groups is 2. The van der Waals surface area contributed by atoms with E-state index in [0.717, 1.165) is 11.3 Å². The number of nitrogens with zero attached hydrogens (tertiary/aromatic N) is 2. The first-order valence-electron chi connectivity index (χ1n) is 9.79. The quantitative estimate of drug-likeness (QED) is 0.289. The first-order valence-corrected chi connectivity index (χ1v) is 10.6. The summed E-state index contributed by atoms with van der Waals surface area (Å²) in [5.41, 5.74) is 5.24. The highest BCUT2D eigenvalue weighted by Gasteiger charge is 2.15. The van der Waals surface area contributed by atoms with Crippen molar-refractivity contribution in [2.75, 3.05) is 19.0 Å². The van der Waals surface area contributed by atoms with Crippen molar-refractivity contribution in [2.45, 2.75) is 6.92 Å². The van der Waals surface area contributed by atoms with Crippen LogP contribution in [-0.2, 0) is 4.79 Å². The summed E-state index contributed by atoms with van der Waals surface area (Å²) in [6, 6.07) is 19.7. The van der Waals surface area contributed by atoms with Crippen LogP contribution in [-0.4, -0.2) is 31.6 Å². The van der Waals surface area contributed by atoms with Gasteiger partial charge in [-0.3, -0.25) is 9.59 Å². The highest BCUT2D eigenvalue weighted by Crippen LogP contribution is 2.16. The number of benzene rings is 2. The van der Waals surface area contributed by atoms with Crippen molar-refractivity contribution in [3.8, 4) is 0 Å². The molecule has 0 spiro atoms. The Kier molecular flexibility index (Phi) is 7.62. The molecule has 2 aromatic carbocycles. The van der Waals surface area contributed by atoms with Gasteiger partial charge in [-0.05, 0) is 70.9 Å². The molecule has 0 radical (unpaired) electrons. The van der Waals surface area contributed by atoms with Crippen molar-refractivity contribution in [3.05, 3.63) is 94.0 Å². The van der Waals surface area contributed by atoms with E-state index in [1.807, 2.05) is 49.3 Å². The van der Waals surface area contributed by atoms with Crippen LogP contribution in [0.15, 0.2) is 86.6 Å². The minimum absolute atomic E-state index is 0.0635. The average molecular weight is 495 g/mol. The SMILES string of the molecule is C/C(=N\NC(=O)/C(=C/c1ccc(N(C)C)cc1)NC(=O)c1ccccc1)c1ccc(Br)o1. The summed E-state index contributed by atoms with van der Waals surface area (Å²) in [5, 5.41) is 6.78. The third-order valence-corrected chi connectivity index (χ3v) is 4.93. The fourth-order valence-corrected chi connectivity index (χ4v) is 3.04. The Morgan fingerprint density at radius 3 is 2.28 bits per heavy atom. The largest absolute Gasteiger partial charge is 0.448 e. The van der Waals surface area contributed by atoms with E-state index in [4.69, 9.17) is 4.42 Å². The molecule has 3 aromatic rings. The van der Waals surface area contributed by atoms with Crippen LogP contribution in [0.2, 0.25) is 0 Å². The van der Waals surface area contributed by atoms with Crippen molar-refractivity contribution in [2.24, 2.45) is 5.10 Å². The summed E-state index contributed by atoms with van der Waals surface area (Å²) in [6.45, 7) is 1.71. The Hall–Kier alpha value is -3.65. The van der Waals surface area contributed by atoms with Gasteiger partial charge in [0.1, 0.15) is 11.4 Å². The number of anilines is 1. The molecule has 0 atom stereocenters. The number of hydrazone groups is 1. The zero-order chi connectivity index (χ0) is 23.1. The van der Waals surface area contributed by atoms with Crippen molar-refractivity contribution in [3.63, 3.8) is 0 Å². The monoisotopic (exact) mass is 494 g/mol. The molecule has 32 heavy (non-hydrogen) atoms. The number of furan rings is 1. The Morgan fingerprint density at radius 1 is 1.00 bits per heavy atom. The van der Waals surface area contributed by atoms with Crippen LogP contribution in [0.5, 0.6) is 0 Å². The third-order valence-electron chi connectivity index (χ3n) is 4.50. The lowest BCUT2D eigenvalue weighted by Gasteiger charge is -2.13. The second-order valence-corrected chi connectivity index (χ2v) is 7.89. The second-order valence-electron chi connectivity index (χ2n) is 7.11. The maximum absolute atomic E-state index is 12.9. The summed E-state index contributed by atoms with van der Waals surface area (Å²) in [6.07, 6.45) is 1.60. The summed E-state index contributed by atoms with van der Waals surface area (Å²) < 4.78 is 5.99. The van der Waals surface area contributed by atoms with Gasteiger partial charge in [0.15, 0.2) is 10.4 Å². The molecule has 2 N–H and O–H groups in total. The molecule has 0 aliphatic heterocycles. The minimum atomic E-state index is -0.559. The topological polar surface area (TPSA) is 86.9 Å². The predicted molar refractivity (Wildman–Crippen MR) is 129 cm³/mol. The van der Waals surface area contributed by atoms with Gasteiger partial charge in [0.05, 0.1) is 0 Å². The van der Waals surface area contributed by atoms with E-state index < -0.39 is 11.8 Å². The lowest BCUT2D eigenvalue weighted by molar-refractivity contribution is -0.117. The Labute approximate surface area is 194 Å². The van der Waals surface area contributed by atoms with Crippen LogP contribution in [0.25, 0.3) is 6.08 Å². The number of carbonyl (C=O) groups excluding carboxylic acids is 2. The zero-order valence-electron chi connectivity index (χ0n) is 17.9. The van der Waals surface area contributed by atoms with Gasteiger partial charge in [0.2, 0.25) is 0 Å². The average Bonchev–Trinajstić information content (AvgIpc) is 3.24. The number of hydrogen-bond acceptors (Lipinski definition) is 5. The number of halogens is 1. The number of rotatable bonds is 7. The standard InChI is InChI=1S/C24H23BrN4O3/c1-16(21-13-14-22(25)32-21)27-28-24(31)20(26-23(30)18-7-5-4-6-8-18)15-17-9-11-19(12-10-17)29(2)3/h4-15H,1-3H3,(H,26,30)(H,28,31)/b20-15-,27-16+. The summed E-state index contributed by atoms with van der Waals surface area (Å²) >= 11 is 3.24. The van der Waals surface area contributed by atoms with Crippen LogP contribution in [0.3, 0.4) is 0 Å². The lowest BCUT2D eigenvalue weighted by atomic mass is 10.1. The molecule has 0 bridgehead atoms. The first-order chi connectivity index (χ1) is 15.3. The maximum Gasteiger partial charge on any atom is 0.287 e. The van der Waals surface area contributed by atoms with Crippen LogP contribution >= 0.6 is 15.9 Å².